The van der Waals surface area contributed by atoms with E-state index in [0.717, 1.165) is 17.8 Å². The van der Waals surface area contributed by atoms with Crippen molar-refractivity contribution in [1.29, 1.82) is 5.26 Å². The summed E-state index contributed by atoms with van der Waals surface area (Å²) in [4.78, 5) is 8.81. The van der Waals surface area contributed by atoms with E-state index in [0.29, 0.717) is 23.2 Å². The monoisotopic (exact) mass is 373 g/mol. The third-order valence-electron chi connectivity index (χ3n) is 5.17. The molecule has 1 fully saturated rings. The van der Waals surface area contributed by atoms with Gasteiger partial charge in [-0.3, -0.25) is 4.68 Å². The molecule has 28 heavy (non-hydrogen) atoms. The van der Waals surface area contributed by atoms with Crippen LogP contribution in [-0.2, 0) is 0 Å². The van der Waals surface area contributed by atoms with Gasteiger partial charge in [0.25, 0.3) is 0 Å². The Kier molecular flexibility index (Phi) is 5.20. The minimum absolute atomic E-state index is 0.233. The lowest BCUT2D eigenvalue weighted by atomic mass is 9.99. The van der Waals surface area contributed by atoms with E-state index < -0.39 is 0 Å². The van der Waals surface area contributed by atoms with Crippen LogP contribution in [0.5, 0.6) is 0 Å². The zero-order valence-corrected chi connectivity index (χ0v) is 15.6. The number of nitrogens with two attached hydrogens (primary N) is 1. The second kappa shape index (κ2) is 8.09. The van der Waals surface area contributed by atoms with Gasteiger partial charge in [0.15, 0.2) is 0 Å². The average molecular weight is 373 g/mol. The molecule has 1 unspecified atom stereocenters. The number of nitrogens with one attached hydrogen (secondary N) is 1. The lowest BCUT2D eigenvalue weighted by molar-refractivity contribution is 0.403. The van der Waals surface area contributed by atoms with Gasteiger partial charge in [-0.2, -0.15) is 10.4 Å². The zero-order chi connectivity index (χ0) is 19.3. The van der Waals surface area contributed by atoms with Gasteiger partial charge in [-0.15, -0.1) is 0 Å². The van der Waals surface area contributed by atoms with E-state index in [9.17, 15) is 5.26 Å². The predicted molar refractivity (Wildman–Crippen MR) is 109 cm³/mol. The van der Waals surface area contributed by atoms with Crippen molar-refractivity contribution in [3.05, 3.63) is 48.8 Å². The van der Waals surface area contributed by atoms with Crippen LogP contribution in [0.15, 0.2) is 48.8 Å². The molecule has 3 N–H and O–H groups in total. The number of rotatable bonds is 6. The predicted octanol–water partition coefficient (Wildman–Crippen LogP) is 4.31. The molecule has 1 aliphatic rings. The first-order valence-corrected chi connectivity index (χ1v) is 9.62. The molecule has 142 valence electrons. The fourth-order valence-corrected chi connectivity index (χ4v) is 3.74. The van der Waals surface area contributed by atoms with Gasteiger partial charge in [0.2, 0.25) is 5.95 Å². The standard InChI is InChI=1S/C21H23N7/c22-14-18(12-15-4-1-2-5-15)28-11-9-20(27-28)19-8-10-24-21(26-19)25-17-7-3-6-16(23)13-17/h3,6-11,13,15,18H,1-2,4-5,12,23H2,(H,24,25,26). The Hall–Kier alpha value is -3.40. The summed E-state index contributed by atoms with van der Waals surface area (Å²) >= 11 is 0. The molecule has 7 heteroatoms. The number of nitrogens with zero attached hydrogens (tertiary/aromatic N) is 5. The summed E-state index contributed by atoms with van der Waals surface area (Å²) in [6, 6.07) is 13.3. The highest BCUT2D eigenvalue weighted by Gasteiger charge is 2.22. The van der Waals surface area contributed by atoms with Crippen LogP contribution < -0.4 is 11.1 Å². The Labute approximate surface area is 164 Å². The van der Waals surface area contributed by atoms with Crippen LogP contribution in [0.4, 0.5) is 17.3 Å². The van der Waals surface area contributed by atoms with E-state index in [4.69, 9.17) is 5.73 Å². The molecule has 2 heterocycles. The maximum absolute atomic E-state index is 9.59. The Bertz CT molecular complexity index is 982. The molecule has 0 radical (unpaired) electrons. The van der Waals surface area contributed by atoms with Crippen molar-refractivity contribution in [3.8, 4) is 17.5 Å². The molecule has 0 amide bonds. The van der Waals surface area contributed by atoms with Crippen molar-refractivity contribution >= 4 is 17.3 Å². The van der Waals surface area contributed by atoms with Gasteiger partial charge in [0, 0.05) is 23.8 Å². The normalized spacial score (nSPS) is 15.2. The van der Waals surface area contributed by atoms with Crippen LogP contribution in [-0.4, -0.2) is 19.7 Å². The number of aromatic nitrogens is 4. The van der Waals surface area contributed by atoms with Gasteiger partial charge in [-0.25, -0.2) is 9.97 Å². The van der Waals surface area contributed by atoms with Crippen LogP contribution in [0.2, 0.25) is 0 Å². The topological polar surface area (TPSA) is 105 Å². The van der Waals surface area contributed by atoms with Gasteiger partial charge in [-0.05, 0) is 42.7 Å². The third-order valence-corrected chi connectivity index (χ3v) is 5.17. The summed E-state index contributed by atoms with van der Waals surface area (Å²) in [5.74, 6) is 1.10. The van der Waals surface area contributed by atoms with Gasteiger partial charge < -0.3 is 11.1 Å². The molecular formula is C21H23N7. The first kappa shape index (κ1) is 18.0. The molecule has 0 bridgehead atoms. The Morgan fingerprint density at radius 2 is 2.07 bits per heavy atom. The van der Waals surface area contributed by atoms with Crippen molar-refractivity contribution in [3.63, 3.8) is 0 Å². The van der Waals surface area contributed by atoms with E-state index in [1.54, 1.807) is 10.9 Å². The van der Waals surface area contributed by atoms with Crippen molar-refractivity contribution in [2.24, 2.45) is 5.92 Å². The maximum atomic E-state index is 9.59. The second-order valence-corrected chi connectivity index (χ2v) is 7.23. The first-order valence-electron chi connectivity index (χ1n) is 9.62. The largest absolute Gasteiger partial charge is 0.399 e. The summed E-state index contributed by atoms with van der Waals surface area (Å²) in [7, 11) is 0. The quantitative estimate of drug-likeness (QED) is 0.624. The van der Waals surface area contributed by atoms with Gasteiger partial charge in [0.05, 0.1) is 11.8 Å². The van der Waals surface area contributed by atoms with Gasteiger partial charge in [0.1, 0.15) is 11.7 Å². The Morgan fingerprint density at radius 1 is 1.21 bits per heavy atom. The zero-order valence-electron chi connectivity index (χ0n) is 15.6. The summed E-state index contributed by atoms with van der Waals surface area (Å²) in [6.45, 7) is 0. The van der Waals surface area contributed by atoms with Gasteiger partial charge in [-0.1, -0.05) is 31.7 Å². The summed E-state index contributed by atoms with van der Waals surface area (Å²) in [5, 5.41) is 17.4. The number of nitrogen functional groups attached to an aromatic ring is 1. The lowest BCUT2D eigenvalue weighted by Gasteiger charge is -2.14. The summed E-state index contributed by atoms with van der Waals surface area (Å²) in [6.07, 6.45) is 9.41. The average Bonchev–Trinajstić information content (AvgIpc) is 3.38. The molecule has 1 saturated carbocycles. The molecule has 2 aromatic heterocycles. The molecule has 0 aliphatic heterocycles. The third kappa shape index (κ3) is 4.12. The summed E-state index contributed by atoms with van der Waals surface area (Å²) in [5.41, 5.74) is 8.74. The fraction of sp³-hybridized carbons (Fsp3) is 0.333. The van der Waals surface area contributed by atoms with Crippen molar-refractivity contribution in [2.45, 2.75) is 38.1 Å². The smallest absolute Gasteiger partial charge is 0.227 e. The highest BCUT2D eigenvalue weighted by molar-refractivity contribution is 5.61. The molecule has 0 saturated heterocycles. The minimum atomic E-state index is -0.233. The highest BCUT2D eigenvalue weighted by Crippen LogP contribution is 2.32. The molecule has 7 nitrogen and oxygen atoms in total. The first-order chi connectivity index (χ1) is 13.7. The number of hydrogen-bond acceptors (Lipinski definition) is 6. The Balaban J connectivity index is 1.51. The SMILES string of the molecule is N#CC(CC1CCCC1)n1ccc(-c2ccnc(Nc3cccc(N)c3)n2)n1. The van der Waals surface area contributed by atoms with Crippen LogP contribution >= 0.6 is 0 Å². The number of anilines is 3. The van der Waals surface area contributed by atoms with Crippen LogP contribution in [0.25, 0.3) is 11.4 Å². The number of hydrogen-bond donors (Lipinski definition) is 2. The van der Waals surface area contributed by atoms with Gasteiger partial charge >= 0.3 is 0 Å². The Morgan fingerprint density at radius 3 is 2.86 bits per heavy atom. The molecule has 1 aromatic carbocycles. The molecule has 3 aromatic rings. The molecule has 4 rings (SSSR count). The minimum Gasteiger partial charge on any atom is -0.399 e. The molecule has 1 aliphatic carbocycles. The van der Waals surface area contributed by atoms with Crippen LogP contribution in [0.1, 0.15) is 38.1 Å². The molecule has 0 spiro atoms. The van der Waals surface area contributed by atoms with E-state index in [2.05, 4.69) is 26.5 Å². The van der Waals surface area contributed by atoms with E-state index >= 15 is 0 Å². The van der Waals surface area contributed by atoms with Crippen LogP contribution in [0.3, 0.4) is 0 Å². The highest BCUT2D eigenvalue weighted by atomic mass is 15.3. The second-order valence-electron chi connectivity index (χ2n) is 7.23. The van der Waals surface area contributed by atoms with E-state index in [1.807, 2.05) is 42.6 Å². The molecular weight excluding hydrogens is 350 g/mol. The van der Waals surface area contributed by atoms with Crippen molar-refractivity contribution in [2.75, 3.05) is 11.1 Å². The fourth-order valence-electron chi connectivity index (χ4n) is 3.74. The summed E-state index contributed by atoms with van der Waals surface area (Å²) < 4.78 is 1.76. The van der Waals surface area contributed by atoms with Crippen LogP contribution in [0, 0.1) is 17.2 Å². The lowest BCUT2D eigenvalue weighted by Crippen LogP contribution is -2.11. The number of benzene rings is 1. The van der Waals surface area contributed by atoms with Crippen molar-refractivity contribution < 1.29 is 0 Å². The number of nitriles is 1. The molecule has 1 atom stereocenters. The van der Waals surface area contributed by atoms with Crippen molar-refractivity contribution in [1.82, 2.24) is 19.7 Å². The van der Waals surface area contributed by atoms with E-state index in [-0.39, 0.29) is 6.04 Å². The van der Waals surface area contributed by atoms with E-state index in [1.165, 1.54) is 25.7 Å². The maximum Gasteiger partial charge on any atom is 0.227 e.